The van der Waals surface area contributed by atoms with Gasteiger partial charge in [0.1, 0.15) is 13.2 Å². The van der Waals surface area contributed by atoms with Crippen molar-refractivity contribution in [2.75, 3.05) is 19.8 Å². The van der Waals surface area contributed by atoms with Gasteiger partial charge in [0, 0.05) is 10.6 Å². The Morgan fingerprint density at radius 1 is 0.973 bits per heavy atom. The molecule has 1 N–H and O–H groups in total. The fourth-order valence-electron chi connectivity index (χ4n) is 3.22. The Morgan fingerprint density at radius 2 is 1.70 bits per heavy atom. The molecule has 37 heavy (non-hydrogen) atoms. The van der Waals surface area contributed by atoms with Crippen LogP contribution in [0.15, 0.2) is 72.4 Å². The lowest BCUT2D eigenvalue weighted by atomic mass is 10.2. The van der Waals surface area contributed by atoms with Crippen LogP contribution in [0.25, 0.3) is 0 Å². The first kappa shape index (κ1) is 28.3. The number of rotatable bonds is 13. The van der Waals surface area contributed by atoms with E-state index in [0.29, 0.717) is 60.0 Å². The van der Waals surface area contributed by atoms with Crippen LogP contribution in [0, 0.1) is 3.57 Å². The van der Waals surface area contributed by atoms with Crippen LogP contribution in [0.1, 0.15) is 35.3 Å². The third-order valence-electron chi connectivity index (χ3n) is 4.87. The van der Waals surface area contributed by atoms with Gasteiger partial charge in [0.25, 0.3) is 5.91 Å². The van der Waals surface area contributed by atoms with E-state index in [1.807, 2.05) is 50.2 Å². The van der Waals surface area contributed by atoms with E-state index in [1.165, 1.54) is 0 Å². The minimum Gasteiger partial charge on any atom is -0.490 e. The smallest absolute Gasteiger partial charge is 0.271 e. The summed E-state index contributed by atoms with van der Waals surface area (Å²) in [6.07, 6.45) is 3.19. The third kappa shape index (κ3) is 8.40. The largest absolute Gasteiger partial charge is 0.490 e. The average Bonchev–Trinajstić information content (AvgIpc) is 2.88. The van der Waals surface area contributed by atoms with Crippen LogP contribution in [0.4, 0.5) is 0 Å². The Bertz CT molecular complexity index is 1250. The standard InChI is InChI=1S/C28H28ClIN2O5/c1-4-13-36-24-12-9-21(16-25(24)34-5-2)28(33)32-31-17-20-14-23(30)27(26(15-20)35-6-3)37-18-19-7-10-22(29)11-8-19/h4,7-12,14-17H,1,5-6,13,18H2,2-3H3,(H,32,33)/b31-17+. The van der Waals surface area contributed by atoms with Crippen molar-refractivity contribution >= 4 is 46.3 Å². The van der Waals surface area contributed by atoms with Gasteiger partial charge in [-0.3, -0.25) is 4.79 Å². The lowest BCUT2D eigenvalue weighted by Gasteiger charge is -2.15. The van der Waals surface area contributed by atoms with Crippen molar-refractivity contribution in [2.45, 2.75) is 20.5 Å². The van der Waals surface area contributed by atoms with Crippen molar-refractivity contribution in [3.63, 3.8) is 0 Å². The van der Waals surface area contributed by atoms with Gasteiger partial charge in [0.15, 0.2) is 23.0 Å². The first-order valence-corrected chi connectivity index (χ1v) is 13.1. The van der Waals surface area contributed by atoms with E-state index in [4.69, 9.17) is 30.5 Å². The fraction of sp³-hybridized carbons (Fsp3) is 0.214. The van der Waals surface area contributed by atoms with Crippen molar-refractivity contribution in [3.8, 4) is 23.0 Å². The van der Waals surface area contributed by atoms with Crippen molar-refractivity contribution < 1.29 is 23.7 Å². The summed E-state index contributed by atoms with van der Waals surface area (Å²) in [5.41, 5.74) is 4.67. The zero-order valence-electron chi connectivity index (χ0n) is 20.6. The third-order valence-corrected chi connectivity index (χ3v) is 5.92. The lowest BCUT2D eigenvalue weighted by molar-refractivity contribution is 0.0954. The molecule has 0 spiro atoms. The Kier molecular flexibility index (Phi) is 11.1. The molecular weight excluding hydrogens is 607 g/mol. The highest BCUT2D eigenvalue weighted by Crippen LogP contribution is 2.34. The van der Waals surface area contributed by atoms with Crippen LogP contribution >= 0.6 is 34.2 Å². The number of nitrogens with one attached hydrogen (secondary N) is 1. The number of halogens is 2. The maximum absolute atomic E-state index is 12.7. The summed E-state index contributed by atoms with van der Waals surface area (Å²) >= 11 is 8.15. The predicted octanol–water partition coefficient (Wildman–Crippen LogP) is 6.65. The molecule has 0 radical (unpaired) electrons. The van der Waals surface area contributed by atoms with Gasteiger partial charge in [-0.25, -0.2) is 5.43 Å². The van der Waals surface area contributed by atoms with E-state index >= 15 is 0 Å². The van der Waals surface area contributed by atoms with E-state index in [1.54, 1.807) is 30.5 Å². The summed E-state index contributed by atoms with van der Waals surface area (Å²) < 4.78 is 23.9. The summed E-state index contributed by atoms with van der Waals surface area (Å²) in [4.78, 5) is 12.7. The maximum atomic E-state index is 12.7. The molecule has 3 aromatic carbocycles. The summed E-state index contributed by atoms with van der Waals surface area (Å²) in [6.45, 7) is 9.03. The molecule has 0 heterocycles. The monoisotopic (exact) mass is 634 g/mol. The second-order valence-corrected chi connectivity index (χ2v) is 9.17. The van der Waals surface area contributed by atoms with Crippen LogP contribution in [0.3, 0.4) is 0 Å². The van der Waals surface area contributed by atoms with Crippen LogP contribution in [0.2, 0.25) is 5.02 Å². The van der Waals surface area contributed by atoms with Gasteiger partial charge in [-0.1, -0.05) is 36.4 Å². The molecule has 0 fully saturated rings. The number of hydrogen-bond acceptors (Lipinski definition) is 6. The molecule has 0 atom stereocenters. The van der Waals surface area contributed by atoms with E-state index < -0.39 is 0 Å². The first-order chi connectivity index (χ1) is 17.9. The number of benzene rings is 3. The Morgan fingerprint density at radius 3 is 2.41 bits per heavy atom. The number of hydrogen-bond donors (Lipinski definition) is 1. The van der Waals surface area contributed by atoms with E-state index in [-0.39, 0.29) is 5.91 Å². The Hall–Kier alpha value is -3.24. The second kappa shape index (κ2) is 14.5. The van der Waals surface area contributed by atoms with Gasteiger partial charge >= 0.3 is 0 Å². The van der Waals surface area contributed by atoms with Crippen molar-refractivity contribution in [3.05, 3.63) is 92.5 Å². The van der Waals surface area contributed by atoms with Crippen molar-refractivity contribution in [1.82, 2.24) is 5.43 Å². The van der Waals surface area contributed by atoms with E-state index in [9.17, 15) is 4.79 Å². The summed E-state index contributed by atoms with van der Waals surface area (Å²) in [5.74, 6) is 1.87. The summed E-state index contributed by atoms with van der Waals surface area (Å²) in [7, 11) is 0. The highest BCUT2D eigenvalue weighted by Gasteiger charge is 2.13. The SMILES string of the molecule is C=CCOc1ccc(C(=O)N/N=C/c2cc(I)c(OCc3ccc(Cl)cc3)c(OCC)c2)cc1OCC. The van der Waals surface area contributed by atoms with Gasteiger partial charge in [-0.15, -0.1) is 0 Å². The van der Waals surface area contributed by atoms with Crippen molar-refractivity contribution in [2.24, 2.45) is 5.10 Å². The molecule has 7 nitrogen and oxygen atoms in total. The van der Waals surface area contributed by atoms with Crippen molar-refractivity contribution in [1.29, 1.82) is 0 Å². The van der Waals surface area contributed by atoms with Crippen LogP contribution < -0.4 is 24.4 Å². The van der Waals surface area contributed by atoms with Gasteiger partial charge in [-0.05, 0) is 90.0 Å². The predicted molar refractivity (Wildman–Crippen MR) is 154 cm³/mol. The molecule has 3 rings (SSSR count). The van der Waals surface area contributed by atoms with E-state index in [0.717, 1.165) is 14.7 Å². The van der Waals surface area contributed by atoms with Gasteiger partial charge in [-0.2, -0.15) is 5.10 Å². The molecule has 0 aliphatic heterocycles. The number of carbonyl (C=O) groups is 1. The second-order valence-electron chi connectivity index (χ2n) is 7.57. The van der Waals surface area contributed by atoms with Gasteiger partial charge < -0.3 is 18.9 Å². The molecule has 0 bridgehead atoms. The average molecular weight is 635 g/mol. The number of hydrazone groups is 1. The first-order valence-electron chi connectivity index (χ1n) is 11.6. The minimum atomic E-state index is -0.380. The van der Waals surface area contributed by atoms with Gasteiger partial charge in [0.2, 0.25) is 0 Å². The highest BCUT2D eigenvalue weighted by atomic mass is 127. The maximum Gasteiger partial charge on any atom is 0.271 e. The van der Waals surface area contributed by atoms with Crippen LogP contribution in [0.5, 0.6) is 23.0 Å². The molecule has 3 aromatic rings. The lowest BCUT2D eigenvalue weighted by Crippen LogP contribution is -2.17. The molecule has 1 amide bonds. The van der Waals surface area contributed by atoms with Crippen LogP contribution in [-0.2, 0) is 6.61 Å². The number of nitrogens with zero attached hydrogens (tertiary/aromatic N) is 1. The molecule has 0 saturated heterocycles. The molecule has 0 unspecified atom stereocenters. The van der Waals surface area contributed by atoms with Crippen LogP contribution in [-0.4, -0.2) is 31.9 Å². The normalized spacial score (nSPS) is 10.7. The summed E-state index contributed by atoms with van der Waals surface area (Å²) in [5, 5.41) is 4.79. The molecule has 0 aliphatic rings. The summed E-state index contributed by atoms with van der Waals surface area (Å²) in [6, 6.07) is 16.1. The Balaban J connectivity index is 1.70. The van der Waals surface area contributed by atoms with E-state index in [2.05, 4.69) is 39.7 Å². The fourth-order valence-corrected chi connectivity index (χ4v) is 4.12. The number of carbonyl (C=O) groups excluding carboxylic acids is 1. The zero-order chi connectivity index (χ0) is 26.6. The molecule has 0 saturated carbocycles. The Labute approximate surface area is 235 Å². The van der Waals surface area contributed by atoms with Gasteiger partial charge in [0.05, 0.1) is 23.0 Å². The molecular formula is C28H28ClIN2O5. The highest BCUT2D eigenvalue weighted by molar-refractivity contribution is 14.1. The molecule has 194 valence electrons. The molecule has 0 aromatic heterocycles. The minimum absolute atomic E-state index is 0.337. The molecule has 9 heteroatoms. The topological polar surface area (TPSA) is 78.4 Å². The number of amides is 1. The molecule has 0 aliphatic carbocycles. The number of ether oxygens (including phenoxy) is 4. The zero-order valence-corrected chi connectivity index (χ0v) is 23.5. The quantitative estimate of drug-likeness (QED) is 0.0986.